The van der Waals surface area contributed by atoms with E-state index in [0.717, 1.165) is 22.4 Å². The van der Waals surface area contributed by atoms with Gasteiger partial charge in [-0.3, -0.25) is 14.4 Å². The quantitative estimate of drug-likeness (QED) is 0.510. The number of rotatable bonds is 3. The van der Waals surface area contributed by atoms with Crippen molar-refractivity contribution in [2.24, 2.45) is 0 Å². The van der Waals surface area contributed by atoms with Gasteiger partial charge in [-0.15, -0.1) is 0 Å². The molecule has 32 heavy (non-hydrogen) atoms. The van der Waals surface area contributed by atoms with E-state index in [9.17, 15) is 9.90 Å². The van der Waals surface area contributed by atoms with E-state index in [1.165, 1.54) is 11.0 Å². The second-order valence-corrected chi connectivity index (χ2v) is 10.2. The fourth-order valence-corrected chi connectivity index (χ4v) is 5.22. The molecule has 166 valence electrons. The van der Waals surface area contributed by atoms with Gasteiger partial charge in [0.1, 0.15) is 0 Å². The van der Waals surface area contributed by atoms with Crippen molar-refractivity contribution in [3.63, 3.8) is 0 Å². The number of aromatic nitrogens is 2. The summed E-state index contributed by atoms with van der Waals surface area (Å²) in [6, 6.07) is 8.09. The molecule has 1 unspecified atom stereocenters. The number of carbonyl (C=O) groups excluding carboxylic acids is 1. The molecule has 0 radical (unpaired) electrons. The maximum absolute atomic E-state index is 15.4. The molecule has 3 aromatic rings. The van der Waals surface area contributed by atoms with E-state index in [4.69, 9.17) is 23.2 Å². The molecule has 0 bridgehead atoms. The molecule has 8 heteroatoms. The molecule has 1 aromatic heterocycles. The topological polar surface area (TPSA) is 58.4 Å². The summed E-state index contributed by atoms with van der Waals surface area (Å²) in [6.07, 6.45) is 0. The SMILES string of the molecule is CC(C)c1c2c(nn1CC(C)(C)O)C(=O)N1c3c(ccc(Cl)c3F)-c3cc(Cl)ccc3C21. The van der Waals surface area contributed by atoms with Gasteiger partial charge in [-0.25, -0.2) is 4.39 Å². The van der Waals surface area contributed by atoms with Crippen LogP contribution in [0.5, 0.6) is 0 Å². The van der Waals surface area contributed by atoms with E-state index in [2.05, 4.69) is 5.10 Å². The Balaban J connectivity index is 1.83. The Morgan fingerprint density at radius 2 is 1.91 bits per heavy atom. The van der Waals surface area contributed by atoms with E-state index < -0.39 is 17.5 Å². The van der Waals surface area contributed by atoms with Gasteiger partial charge in [-0.05, 0) is 49.1 Å². The molecule has 2 aromatic carbocycles. The number of amides is 1. The first-order valence-electron chi connectivity index (χ1n) is 10.4. The van der Waals surface area contributed by atoms with E-state index >= 15 is 4.39 Å². The van der Waals surface area contributed by atoms with Crippen LogP contribution in [0.4, 0.5) is 10.1 Å². The van der Waals surface area contributed by atoms with Gasteiger partial charge in [-0.2, -0.15) is 5.10 Å². The average molecular weight is 474 g/mol. The number of hydrogen-bond acceptors (Lipinski definition) is 3. The van der Waals surface area contributed by atoms with Gasteiger partial charge in [0.05, 0.1) is 28.9 Å². The van der Waals surface area contributed by atoms with Crippen LogP contribution in [0.25, 0.3) is 11.1 Å². The number of carbonyl (C=O) groups is 1. The molecule has 1 N–H and O–H groups in total. The van der Waals surface area contributed by atoms with Crippen molar-refractivity contribution < 1.29 is 14.3 Å². The van der Waals surface area contributed by atoms with Crippen molar-refractivity contribution in [1.82, 2.24) is 9.78 Å². The molecule has 3 heterocycles. The zero-order valence-electron chi connectivity index (χ0n) is 18.1. The fraction of sp³-hybridized carbons (Fsp3) is 0.333. The van der Waals surface area contributed by atoms with Crippen LogP contribution in [0.1, 0.15) is 67.0 Å². The van der Waals surface area contributed by atoms with Crippen LogP contribution < -0.4 is 4.90 Å². The number of halogens is 3. The van der Waals surface area contributed by atoms with Gasteiger partial charge in [0.25, 0.3) is 5.91 Å². The molecule has 0 aliphatic carbocycles. The van der Waals surface area contributed by atoms with Crippen molar-refractivity contribution in [3.8, 4) is 11.1 Å². The molecule has 2 aliphatic rings. The van der Waals surface area contributed by atoms with Gasteiger partial charge in [0.15, 0.2) is 11.5 Å². The molecular formula is C24H22Cl2FN3O2. The molecule has 0 saturated carbocycles. The maximum atomic E-state index is 15.4. The Kier molecular flexibility index (Phi) is 4.72. The third kappa shape index (κ3) is 3.00. The second-order valence-electron chi connectivity index (χ2n) is 9.34. The third-order valence-electron chi connectivity index (χ3n) is 5.98. The summed E-state index contributed by atoms with van der Waals surface area (Å²) in [4.78, 5) is 15.1. The van der Waals surface area contributed by atoms with Crippen molar-refractivity contribution in [1.29, 1.82) is 0 Å². The zero-order chi connectivity index (χ0) is 23.1. The summed E-state index contributed by atoms with van der Waals surface area (Å²) in [5.41, 5.74) is 3.15. The first-order chi connectivity index (χ1) is 15.0. The van der Waals surface area contributed by atoms with Gasteiger partial charge >= 0.3 is 0 Å². The van der Waals surface area contributed by atoms with E-state index in [0.29, 0.717) is 10.6 Å². The maximum Gasteiger partial charge on any atom is 0.280 e. The monoisotopic (exact) mass is 473 g/mol. The molecule has 0 fully saturated rings. The van der Waals surface area contributed by atoms with E-state index in [1.807, 2.05) is 19.9 Å². The summed E-state index contributed by atoms with van der Waals surface area (Å²) in [6.45, 7) is 7.66. The van der Waals surface area contributed by atoms with Crippen molar-refractivity contribution in [2.75, 3.05) is 4.90 Å². The lowest BCUT2D eigenvalue weighted by Crippen LogP contribution is -2.35. The molecule has 5 rings (SSSR count). The van der Waals surface area contributed by atoms with Gasteiger partial charge in [0, 0.05) is 21.8 Å². The normalized spacial score (nSPS) is 16.8. The lowest BCUT2D eigenvalue weighted by molar-refractivity contribution is 0.0562. The Hall–Kier alpha value is -2.41. The Morgan fingerprint density at radius 3 is 2.56 bits per heavy atom. The van der Waals surface area contributed by atoms with Crippen LogP contribution in [0.3, 0.4) is 0 Å². The highest BCUT2D eigenvalue weighted by Crippen LogP contribution is 2.55. The van der Waals surface area contributed by atoms with Crippen molar-refractivity contribution in [3.05, 3.63) is 68.7 Å². The molecular weight excluding hydrogens is 452 g/mol. The highest BCUT2D eigenvalue weighted by Gasteiger charge is 2.49. The second kappa shape index (κ2) is 7.04. The zero-order valence-corrected chi connectivity index (χ0v) is 19.6. The standard InChI is InChI=1S/C24H22Cl2FN3O2/c1-11(2)20-17-19(28-29(20)10-24(3,4)32)23(31)30-21(17)13-6-5-12(25)9-15(13)14-7-8-16(26)18(27)22(14)30/h5-9,11,21,32H,10H2,1-4H3. The van der Waals surface area contributed by atoms with Crippen molar-refractivity contribution >= 4 is 34.8 Å². The molecule has 1 atom stereocenters. The number of nitrogens with zero attached hydrogens (tertiary/aromatic N) is 3. The number of aliphatic hydroxyl groups is 1. The van der Waals surface area contributed by atoms with Gasteiger partial charge in [0.2, 0.25) is 0 Å². The fourth-order valence-electron chi connectivity index (χ4n) is 4.89. The first-order valence-corrected chi connectivity index (χ1v) is 11.2. The molecule has 2 aliphatic heterocycles. The number of benzene rings is 2. The lowest BCUT2D eigenvalue weighted by Gasteiger charge is -2.35. The summed E-state index contributed by atoms with van der Waals surface area (Å²) in [7, 11) is 0. The van der Waals surface area contributed by atoms with Crippen LogP contribution in [-0.4, -0.2) is 26.4 Å². The Morgan fingerprint density at radius 1 is 1.19 bits per heavy atom. The minimum absolute atomic E-state index is 0.0164. The molecule has 1 amide bonds. The average Bonchev–Trinajstić information content (AvgIpc) is 3.18. The van der Waals surface area contributed by atoms with E-state index in [1.54, 1.807) is 36.7 Å². The van der Waals surface area contributed by atoms with E-state index in [-0.39, 0.29) is 34.8 Å². The lowest BCUT2D eigenvalue weighted by atomic mass is 9.85. The van der Waals surface area contributed by atoms with Crippen LogP contribution >= 0.6 is 23.2 Å². The largest absolute Gasteiger partial charge is 0.389 e. The number of anilines is 1. The smallest absolute Gasteiger partial charge is 0.280 e. The molecule has 5 nitrogen and oxygen atoms in total. The summed E-state index contributed by atoms with van der Waals surface area (Å²) >= 11 is 12.4. The number of fused-ring (bicyclic) bond motifs is 8. The number of hydrogen-bond donors (Lipinski definition) is 1. The highest BCUT2D eigenvalue weighted by molar-refractivity contribution is 6.32. The predicted molar refractivity (Wildman–Crippen MR) is 123 cm³/mol. The summed E-state index contributed by atoms with van der Waals surface area (Å²) < 4.78 is 17.1. The third-order valence-corrected chi connectivity index (χ3v) is 6.50. The minimum atomic E-state index is -1.02. The van der Waals surface area contributed by atoms with Crippen LogP contribution in [-0.2, 0) is 6.54 Å². The minimum Gasteiger partial charge on any atom is -0.389 e. The summed E-state index contributed by atoms with van der Waals surface area (Å²) in [5.74, 6) is -1.01. The van der Waals surface area contributed by atoms with Gasteiger partial charge in [-0.1, -0.05) is 49.2 Å². The Labute approximate surface area is 195 Å². The predicted octanol–water partition coefficient (Wildman–Crippen LogP) is 5.95. The van der Waals surface area contributed by atoms with Crippen LogP contribution in [0.2, 0.25) is 10.0 Å². The molecule has 0 spiro atoms. The Bertz CT molecular complexity index is 1290. The first kappa shape index (κ1) is 21.4. The van der Waals surface area contributed by atoms with Crippen LogP contribution in [0.15, 0.2) is 30.3 Å². The van der Waals surface area contributed by atoms with Crippen molar-refractivity contribution in [2.45, 2.75) is 51.8 Å². The molecule has 0 saturated heterocycles. The van der Waals surface area contributed by atoms with Crippen LogP contribution in [0, 0.1) is 5.82 Å². The highest BCUT2D eigenvalue weighted by atomic mass is 35.5. The van der Waals surface area contributed by atoms with Gasteiger partial charge < -0.3 is 5.11 Å². The summed E-state index contributed by atoms with van der Waals surface area (Å²) in [5, 5.41) is 15.5.